The van der Waals surface area contributed by atoms with Crippen LogP contribution in [0.1, 0.15) is 146 Å². The van der Waals surface area contributed by atoms with Crippen molar-refractivity contribution in [3.05, 3.63) is 12.2 Å². The van der Waals surface area contributed by atoms with Crippen molar-refractivity contribution in [1.82, 2.24) is 5.32 Å². The predicted octanol–water partition coefficient (Wildman–Crippen LogP) is 9.45. The number of hydrogen-bond donors (Lipinski definition) is 2. The first-order valence-electron chi connectivity index (χ1n) is 18.6. The number of carboxylic acid groups (broad SMARTS) is 1. The zero-order valence-electron chi connectivity index (χ0n) is 30.4. The number of hydrogen-bond acceptors (Lipinski definition) is 4. The van der Waals surface area contributed by atoms with Crippen LogP contribution in [0.2, 0.25) is 0 Å². The topological polar surface area (TPSA) is 75.6 Å². The third-order valence-corrected chi connectivity index (χ3v) is 15.8. The quantitative estimate of drug-likeness (QED) is 0.144. The molecule has 5 rings (SSSR count). The summed E-state index contributed by atoms with van der Waals surface area (Å²) in [5.74, 6) is 2.32. The highest BCUT2D eigenvalue weighted by molar-refractivity contribution is 5.73. The Morgan fingerprint density at radius 2 is 1.60 bits per heavy atom. The number of ether oxygens (including phenoxy) is 1. The zero-order valence-corrected chi connectivity index (χ0v) is 30.4. The van der Waals surface area contributed by atoms with E-state index in [1.165, 1.54) is 63.4 Å². The summed E-state index contributed by atoms with van der Waals surface area (Å²) in [7, 11) is 0. The standard InChI is InChI=1S/C40H67NO4/c1-11-41-23-22-40-19-14-27(26(2)3)34(40)28-12-13-30-37(8)17-16-31(45-33(44)25-35(4,5)24-32(42)43)36(6,7)29(37)15-18-39(30,10)38(28,9)20-21-40/h27-31,34,41H,2,11-25H2,1,3-10H3,(H,42,43)/t27?,28-,29?,30?,31?,34?,37+,38-,39-,40-/m1/s1. The molecule has 45 heavy (non-hydrogen) atoms. The van der Waals surface area contributed by atoms with E-state index < -0.39 is 11.4 Å². The Balaban J connectivity index is 1.38. The maximum atomic E-state index is 13.2. The largest absolute Gasteiger partial charge is 0.481 e. The average molecular weight is 626 g/mol. The minimum atomic E-state index is -0.865. The monoisotopic (exact) mass is 626 g/mol. The van der Waals surface area contributed by atoms with Crippen LogP contribution in [0.4, 0.5) is 0 Å². The van der Waals surface area contributed by atoms with Gasteiger partial charge in [-0.05, 0) is 147 Å². The van der Waals surface area contributed by atoms with Crippen molar-refractivity contribution in [2.24, 2.45) is 62.1 Å². The Bertz CT molecular complexity index is 1160. The number of nitrogens with one attached hydrogen (secondary N) is 1. The predicted molar refractivity (Wildman–Crippen MR) is 183 cm³/mol. The van der Waals surface area contributed by atoms with Crippen molar-refractivity contribution >= 4 is 11.9 Å². The van der Waals surface area contributed by atoms with Gasteiger partial charge in [0.05, 0.1) is 12.8 Å². The lowest BCUT2D eigenvalue weighted by Gasteiger charge is -2.73. The first kappa shape index (κ1) is 35.0. The van der Waals surface area contributed by atoms with Crippen molar-refractivity contribution in [3.63, 3.8) is 0 Å². The van der Waals surface area contributed by atoms with Crippen LogP contribution in [0.3, 0.4) is 0 Å². The second-order valence-electron chi connectivity index (χ2n) is 18.9. The van der Waals surface area contributed by atoms with Gasteiger partial charge in [-0.1, -0.05) is 67.5 Å². The van der Waals surface area contributed by atoms with Crippen molar-refractivity contribution in [1.29, 1.82) is 0 Å². The SMILES string of the molecule is C=C(C)C1CC[C@]2(CCNCC)CC[C@]3(C)[C@H](CCC4[C@@]5(C)CCC(OC(=O)CC(C)(C)CC(=O)O)C(C)(C)C5CC[C@]43C)C12. The van der Waals surface area contributed by atoms with Crippen molar-refractivity contribution in [2.45, 2.75) is 152 Å². The zero-order chi connectivity index (χ0) is 33.2. The van der Waals surface area contributed by atoms with Crippen LogP contribution < -0.4 is 5.32 Å². The van der Waals surface area contributed by atoms with Crippen LogP contribution in [0, 0.1) is 62.1 Å². The molecular weight excluding hydrogens is 558 g/mol. The number of aliphatic carboxylic acids is 1. The second kappa shape index (κ2) is 12.0. The van der Waals surface area contributed by atoms with Gasteiger partial charge in [0.15, 0.2) is 0 Å². The van der Waals surface area contributed by atoms with E-state index in [9.17, 15) is 14.7 Å². The normalized spacial score (nSPS) is 43.8. The Morgan fingerprint density at radius 3 is 2.24 bits per heavy atom. The van der Waals surface area contributed by atoms with E-state index >= 15 is 0 Å². The van der Waals surface area contributed by atoms with Gasteiger partial charge >= 0.3 is 11.9 Å². The molecule has 0 aliphatic heterocycles. The molecule has 0 spiro atoms. The lowest BCUT2D eigenvalue weighted by atomic mass is 9.32. The number of carbonyl (C=O) groups is 2. The number of carboxylic acids is 1. The Hall–Kier alpha value is -1.36. The highest BCUT2D eigenvalue weighted by Gasteiger charge is 2.71. The summed E-state index contributed by atoms with van der Waals surface area (Å²) in [5, 5.41) is 13.0. The van der Waals surface area contributed by atoms with Gasteiger partial charge in [-0.25, -0.2) is 0 Å². The molecule has 0 amide bonds. The summed E-state index contributed by atoms with van der Waals surface area (Å²) in [6.45, 7) is 27.8. The van der Waals surface area contributed by atoms with E-state index in [-0.39, 0.29) is 35.7 Å². The number of fused-ring (bicyclic) bond motifs is 7. The summed E-state index contributed by atoms with van der Waals surface area (Å²) >= 11 is 0. The fourth-order valence-electron chi connectivity index (χ4n) is 13.5. The molecule has 5 aliphatic carbocycles. The van der Waals surface area contributed by atoms with Gasteiger partial charge < -0.3 is 15.2 Å². The molecule has 0 heterocycles. The van der Waals surface area contributed by atoms with Crippen molar-refractivity contribution < 1.29 is 19.4 Å². The van der Waals surface area contributed by atoms with E-state index in [4.69, 9.17) is 4.74 Å². The summed E-state index contributed by atoms with van der Waals surface area (Å²) < 4.78 is 6.27. The molecule has 256 valence electrons. The second-order valence-corrected chi connectivity index (χ2v) is 18.9. The maximum Gasteiger partial charge on any atom is 0.306 e. The Morgan fingerprint density at radius 1 is 0.889 bits per heavy atom. The number of carbonyl (C=O) groups excluding carboxylic acids is 1. The van der Waals surface area contributed by atoms with Crippen molar-refractivity contribution in [2.75, 3.05) is 13.1 Å². The molecule has 5 heteroatoms. The van der Waals surface area contributed by atoms with Crippen LogP contribution in [0.5, 0.6) is 0 Å². The summed E-state index contributed by atoms with van der Waals surface area (Å²) in [5.41, 5.74) is 2.09. The molecule has 5 unspecified atom stereocenters. The van der Waals surface area contributed by atoms with Crippen LogP contribution >= 0.6 is 0 Å². The van der Waals surface area contributed by atoms with Crippen LogP contribution in [0.25, 0.3) is 0 Å². The molecule has 0 radical (unpaired) electrons. The van der Waals surface area contributed by atoms with E-state index in [2.05, 4.69) is 60.4 Å². The lowest BCUT2D eigenvalue weighted by Crippen LogP contribution is -2.66. The van der Waals surface area contributed by atoms with Crippen LogP contribution in [-0.4, -0.2) is 36.2 Å². The van der Waals surface area contributed by atoms with Crippen LogP contribution in [0.15, 0.2) is 12.2 Å². The fraction of sp³-hybridized carbons (Fsp3) is 0.900. The van der Waals surface area contributed by atoms with Gasteiger partial charge in [0.25, 0.3) is 0 Å². The Kier molecular flexibility index (Phi) is 9.29. The van der Waals surface area contributed by atoms with Gasteiger partial charge in [-0.15, -0.1) is 0 Å². The Labute approximate surface area is 275 Å². The third-order valence-electron chi connectivity index (χ3n) is 15.8. The molecule has 0 aromatic carbocycles. The summed E-state index contributed by atoms with van der Waals surface area (Å²) in [6, 6.07) is 0. The van der Waals surface area contributed by atoms with Crippen LogP contribution in [-0.2, 0) is 14.3 Å². The maximum absolute atomic E-state index is 13.2. The number of rotatable bonds is 10. The number of allylic oxidation sites excluding steroid dienone is 1. The first-order chi connectivity index (χ1) is 20.9. The van der Waals surface area contributed by atoms with Crippen molar-refractivity contribution in [3.8, 4) is 0 Å². The van der Waals surface area contributed by atoms with Gasteiger partial charge in [-0.3, -0.25) is 9.59 Å². The molecule has 0 saturated heterocycles. The van der Waals surface area contributed by atoms with Gasteiger partial charge in [-0.2, -0.15) is 0 Å². The molecule has 5 nitrogen and oxygen atoms in total. The molecule has 5 aliphatic rings. The molecule has 5 fully saturated rings. The van der Waals surface area contributed by atoms with E-state index in [0.29, 0.717) is 34.0 Å². The molecular formula is C40H67NO4. The minimum Gasteiger partial charge on any atom is -0.481 e. The summed E-state index contributed by atoms with van der Waals surface area (Å²) in [4.78, 5) is 24.5. The molecule has 10 atom stereocenters. The molecule has 2 N–H and O–H groups in total. The third kappa shape index (κ3) is 5.65. The highest BCUT2D eigenvalue weighted by Crippen LogP contribution is 2.78. The van der Waals surface area contributed by atoms with Gasteiger partial charge in [0, 0.05) is 5.41 Å². The first-order valence-corrected chi connectivity index (χ1v) is 18.6. The minimum absolute atomic E-state index is 0.0262. The van der Waals surface area contributed by atoms with E-state index in [1.54, 1.807) is 0 Å². The highest BCUT2D eigenvalue weighted by atomic mass is 16.5. The van der Waals surface area contributed by atoms with Gasteiger partial charge in [0.1, 0.15) is 6.10 Å². The van der Waals surface area contributed by atoms with E-state index in [1.807, 2.05) is 13.8 Å². The van der Waals surface area contributed by atoms with E-state index in [0.717, 1.165) is 37.8 Å². The molecule has 0 aromatic heterocycles. The summed E-state index contributed by atoms with van der Waals surface area (Å²) in [6.07, 6.45) is 14.0. The fourth-order valence-corrected chi connectivity index (χ4v) is 13.5. The van der Waals surface area contributed by atoms with Gasteiger partial charge in [0.2, 0.25) is 0 Å². The molecule has 5 saturated carbocycles. The number of esters is 1. The smallest absolute Gasteiger partial charge is 0.306 e. The molecule has 0 bridgehead atoms. The lowest BCUT2D eigenvalue weighted by molar-refractivity contribution is -0.250. The average Bonchev–Trinajstić information content (AvgIpc) is 3.30. The molecule has 0 aromatic rings.